The van der Waals surface area contributed by atoms with Crippen molar-refractivity contribution in [3.8, 4) is 0 Å². The number of carbonyl (C=O) groups excluding carboxylic acids is 3. The summed E-state index contributed by atoms with van der Waals surface area (Å²) in [6.45, 7) is 3.77. The van der Waals surface area contributed by atoms with Crippen LogP contribution in [0.15, 0.2) is 0 Å². The van der Waals surface area contributed by atoms with E-state index in [2.05, 4.69) is 9.47 Å². The molecule has 108 valence electrons. The summed E-state index contributed by atoms with van der Waals surface area (Å²) in [6, 6.07) is 0. The van der Waals surface area contributed by atoms with E-state index in [-0.39, 0.29) is 12.2 Å². The summed E-state index contributed by atoms with van der Waals surface area (Å²) in [6.07, 6.45) is 0.499. The number of esters is 2. The second-order valence-electron chi connectivity index (χ2n) is 5.46. The van der Waals surface area contributed by atoms with E-state index in [4.69, 9.17) is 11.6 Å². The van der Waals surface area contributed by atoms with Gasteiger partial charge in [0.25, 0.3) is 0 Å². The van der Waals surface area contributed by atoms with Crippen molar-refractivity contribution >= 4 is 29.3 Å². The van der Waals surface area contributed by atoms with Crippen molar-refractivity contribution in [1.29, 1.82) is 0 Å². The lowest BCUT2D eigenvalue weighted by molar-refractivity contribution is -0.165. The molecule has 0 radical (unpaired) electrons. The second-order valence-corrected chi connectivity index (χ2v) is 5.99. The summed E-state index contributed by atoms with van der Waals surface area (Å²) < 4.78 is 9.32. The molecule has 0 N–H and O–H groups in total. The van der Waals surface area contributed by atoms with Crippen molar-refractivity contribution in [1.82, 2.24) is 0 Å². The minimum atomic E-state index is -1.09. The molecule has 0 aromatic rings. The molecule has 1 aliphatic rings. The fraction of sp³-hybridized carbons (Fsp3) is 0.769. The molecular weight excluding hydrogens is 272 g/mol. The van der Waals surface area contributed by atoms with Crippen LogP contribution in [0.1, 0.15) is 26.7 Å². The van der Waals surface area contributed by atoms with Gasteiger partial charge in [-0.1, -0.05) is 13.8 Å². The van der Waals surface area contributed by atoms with Gasteiger partial charge in [0.05, 0.1) is 19.6 Å². The lowest BCUT2D eigenvalue weighted by Crippen LogP contribution is -2.47. The van der Waals surface area contributed by atoms with E-state index in [1.807, 2.05) is 13.8 Å². The quantitative estimate of drug-likeness (QED) is 0.448. The molecule has 0 aromatic carbocycles. The Bertz CT molecular complexity index is 374. The van der Waals surface area contributed by atoms with E-state index in [0.717, 1.165) is 0 Å². The standard InChI is InChI=1S/C13H19ClO5/c1-13(2)6-8(14)9(15)5-7(13)10(11(16)18-3)12(17)19-4/h7-8,10H,5-6H2,1-4H3/t7-,8-/m0/s1. The van der Waals surface area contributed by atoms with Gasteiger partial charge in [-0.3, -0.25) is 14.4 Å². The zero-order valence-electron chi connectivity index (χ0n) is 11.6. The molecule has 0 amide bonds. The first-order valence-corrected chi connectivity index (χ1v) is 6.50. The third-order valence-electron chi connectivity index (χ3n) is 3.79. The summed E-state index contributed by atoms with van der Waals surface area (Å²) in [7, 11) is 2.42. The molecule has 1 fully saturated rings. The Morgan fingerprint density at radius 3 is 2.16 bits per heavy atom. The smallest absolute Gasteiger partial charge is 0.320 e. The Labute approximate surface area is 117 Å². The van der Waals surface area contributed by atoms with Crippen LogP contribution in [0.2, 0.25) is 0 Å². The average Bonchev–Trinajstić information content (AvgIpc) is 2.34. The van der Waals surface area contributed by atoms with Gasteiger partial charge in [-0.25, -0.2) is 0 Å². The number of Topliss-reactive ketones (excluding diaryl/α,β-unsaturated/α-hetero) is 1. The Hall–Kier alpha value is -1.10. The number of carbonyl (C=O) groups is 3. The van der Waals surface area contributed by atoms with Gasteiger partial charge < -0.3 is 9.47 Å². The molecule has 0 unspecified atom stereocenters. The van der Waals surface area contributed by atoms with Gasteiger partial charge in [0, 0.05) is 6.42 Å². The monoisotopic (exact) mass is 290 g/mol. The van der Waals surface area contributed by atoms with Gasteiger partial charge in [0.15, 0.2) is 11.7 Å². The third-order valence-corrected chi connectivity index (χ3v) is 4.19. The molecular formula is C13H19ClO5. The number of rotatable bonds is 3. The number of methoxy groups -OCH3 is 2. The first-order chi connectivity index (χ1) is 8.74. The summed E-state index contributed by atoms with van der Waals surface area (Å²) in [5, 5.41) is -0.567. The summed E-state index contributed by atoms with van der Waals surface area (Å²) >= 11 is 5.97. The van der Waals surface area contributed by atoms with Gasteiger partial charge >= 0.3 is 11.9 Å². The van der Waals surface area contributed by atoms with Gasteiger partial charge in [0.2, 0.25) is 0 Å². The molecule has 2 atom stereocenters. The summed E-state index contributed by atoms with van der Waals surface area (Å²) in [5.74, 6) is -3.05. The number of ether oxygens (including phenoxy) is 2. The Balaban J connectivity index is 3.09. The number of ketones is 1. The largest absolute Gasteiger partial charge is 0.468 e. The van der Waals surface area contributed by atoms with Crippen LogP contribution in [0.5, 0.6) is 0 Å². The number of hydrogen-bond acceptors (Lipinski definition) is 5. The zero-order chi connectivity index (χ0) is 14.8. The van der Waals surface area contributed by atoms with Crippen LogP contribution in [0.3, 0.4) is 0 Å². The minimum absolute atomic E-state index is 0.0794. The normalized spacial score (nSPS) is 26.1. The number of halogens is 1. The lowest BCUT2D eigenvalue weighted by Gasteiger charge is -2.42. The SMILES string of the molecule is COC(=O)C(C(=O)OC)[C@@H]1CC(=O)[C@@H](Cl)CC1(C)C. The van der Waals surface area contributed by atoms with Crippen molar-refractivity contribution < 1.29 is 23.9 Å². The topological polar surface area (TPSA) is 69.7 Å². The highest BCUT2D eigenvalue weighted by Gasteiger charge is 2.50. The van der Waals surface area contributed by atoms with Crippen LogP contribution >= 0.6 is 11.6 Å². The van der Waals surface area contributed by atoms with Gasteiger partial charge in [-0.15, -0.1) is 11.6 Å². The molecule has 0 aliphatic heterocycles. The lowest BCUT2D eigenvalue weighted by atomic mass is 9.63. The summed E-state index contributed by atoms with van der Waals surface area (Å²) in [5.41, 5.74) is -0.423. The van der Waals surface area contributed by atoms with Crippen LogP contribution in [0, 0.1) is 17.3 Å². The van der Waals surface area contributed by atoms with Crippen molar-refractivity contribution in [3.05, 3.63) is 0 Å². The zero-order valence-corrected chi connectivity index (χ0v) is 12.3. The Morgan fingerprint density at radius 2 is 1.74 bits per heavy atom. The fourth-order valence-electron chi connectivity index (χ4n) is 2.60. The highest BCUT2D eigenvalue weighted by molar-refractivity contribution is 6.31. The number of hydrogen-bond donors (Lipinski definition) is 0. The summed E-state index contributed by atoms with van der Waals surface area (Å²) in [4.78, 5) is 35.4. The van der Waals surface area contributed by atoms with Crippen LogP contribution in [-0.2, 0) is 23.9 Å². The predicted molar refractivity (Wildman–Crippen MR) is 68.7 cm³/mol. The molecule has 1 rings (SSSR count). The van der Waals surface area contributed by atoms with E-state index < -0.39 is 34.6 Å². The van der Waals surface area contributed by atoms with Crippen molar-refractivity contribution in [2.24, 2.45) is 17.3 Å². The van der Waals surface area contributed by atoms with E-state index in [1.54, 1.807) is 0 Å². The van der Waals surface area contributed by atoms with Gasteiger partial charge in [-0.05, 0) is 17.8 Å². The maximum absolute atomic E-state index is 11.8. The highest BCUT2D eigenvalue weighted by atomic mass is 35.5. The Kier molecular flexibility index (Phi) is 4.96. The van der Waals surface area contributed by atoms with E-state index in [1.165, 1.54) is 14.2 Å². The maximum atomic E-state index is 11.8. The van der Waals surface area contributed by atoms with E-state index in [9.17, 15) is 14.4 Å². The average molecular weight is 291 g/mol. The fourth-order valence-corrected chi connectivity index (χ4v) is 3.08. The Morgan fingerprint density at radius 1 is 1.26 bits per heavy atom. The van der Waals surface area contributed by atoms with Crippen molar-refractivity contribution in [3.63, 3.8) is 0 Å². The molecule has 1 saturated carbocycles. The molecule has 0 heterocycles. The second kappa shape index (κ2) is 5.90. The molecule has 0 aromatic heterocycles. The molecule has 1 aliphatic carbocycles. The number of alkyl halides is 1. The van der Waals surface area contributed by atoms with E-state index in [0.29, 0.717) is 6.42 Å². The highest BCUT2D eigenvalue weighted by Crippen LogP contribution is 2.45. The van der Waals surface area contributed by atoms with Gasteiger partial charge in [0.1, 0.15) is 0 Å². The van der Waals surface area contributed by atoms with E-state index >= 15 is 0 Å². The molecule has 6 heteroatoms. The van der Waals surface area contributed by atoms with Crippen LogP contribution < -0.4 is 0 Å². The minimum Gasteiger partial charge on any atom is -0.468 e. The molecule has 0 bridgehead atoms. The van der Waals surface area contributed by atoms with Gasteiger partial charge in [-0.2, -0.15) is 0 Å². The predicted octanol–water partition coefficient (Wildman–Crippen LogP) is 1.56. The van der Waals surface area contributed by atoms with Crippen LogP contribution in [0.4, 0.5) is 0 Å². The molecule has 5 nitrogen and oxygen atoms in total. The molecule has 0 saturated heterocycles. The molecule has 19 heavy (non-hydrogen) atoms. The first-order valence-electron chi connectivity index (χ1n) is 6.07. The van der Waals surface area contributed by atoms with Crippen molar-refractivity contribution in [2.45, 2.75) is 32.1 Å². The third kappa shape index (κ3) is 3.26. The first kappa shape index (κ1) is 16.0. The molecule has 0 spiro atoms. The van der Waals surface area contributed by atoms with Crippen LogP contribution in [0.25, 0.3) is 0 Å². The van der Waals surface area contributed by atoms with Crippen molar-refractivity contribution in [2.75, 3.05) is 14.2 Å². The van der Waals surface area contributed by atoms with Crippen LogP contribution in [-0.4, -0.2) is 37.3 Å². The maximum Gasteiger partial charge on any atom is 0.320 e.